The lowest BCUT2D eigenvalue weighted by molar-refractivity contribution is 0.729. The Labute approximate surface area is 62.8 Å². The molecule has 0 aromatic carbocycles. The van der Waals surface area contributed by atoms with E-state index in [2.05, 4.69) is 18.3 Å². The standard InChI is InChI=1S/C8H16N2/c1-8(10-2)6-4-3-5-7-9/h3-6,8,10H,7,9H2,1-2H3/b5-3+,6-4+/t8-/m1/s1. The van der Waals surface area contributed by atoms with Crippen molar-refractivity contribution in [3.8, 4) is 0 Å². The van der Waals surface area contributed by atoms with Crippen LogP contribution in [0.5, 0.6) is 0 Å². The Morgan fingerprint density at radius 3 is 2.70 bits per heavy atom. The van der Waals surface area contributed by atoms with Crippen LogP contribution < -0.4 is 11.1 Å². The van der Waals surface area contributed by atoms with Crippen molar-refractivity contribution in [1.82, 2.24) is 5.32 Å². The zero-order valence-electron chi connectivity index (χ0n) is 6.67. The van der Waals surface area contributed by atoms with E-state index in [1.165, 1.54) is 0 Å². The van der Waals surface area contributed by atoms with Gasteiger partial charge in [0.15, 0.2) is 0 Å². The third-order valence-electron chi connectivity index (χ3n) is 1.24. The number of nitrogens with one attached hydrogen (secondary N) is 1. The molecule has 0 unspecified atom stereocenters. The molecule has 3 N–H and O–H groups in total. The molecule has 1 atom stereocenters. The van der Waals surface area contributed by atoms with E-state index in [0.29, 0.717) is 12.6 Å². The molecule has 0 aliphatic carbocycles. The van der Waals surface area contributed by atoms with Gasteiger partial charge in [-0.1, -0.05) is 24.3 Å². The van der Waals surface area contributed by atoms with E-state index >= 15 is 0 Å². The van der Waals surface area contributed by atoms with Gasteiger partial charge < -0.3 is 11.1 Å². The van der Waals surface area contributed by atoms with Crippen LogP contribution in [0.2, 0.25) is 0 Å². The van der Waals surface area contributed by atoms with E-state index in [-0.39, 0.29) is 0 Å². The van der Waals surface area contributed by atoms with Crippen molar-refractivity contribution in [2.24, 2.45) is 5.73 Å². The van der Waals surface area contributed by atoms with E-state index in [1.54, 1.807) is 0 Å². The Hall–Kier alpha value is -0.600. The molecule has 0 spiro atoms. The summed E-state index contributed by atoms with van der Waals surface area (Å²) in [5.74, 6) is 0. The van der Waals surface area contributed by atoms with Gasteiger partial charge in [0.2, 0.25) is 0 Å². The summed E-state index contributed by atoms with van der Waals surface area (Å²) < 4.78 is 0. The minimum atomic E-state index is 0.433. The molecule has 0 bridgehead atoms. The third kappa shape index (κ3) is 5.54. The molecule has 0 fully saturated rings. The van der Waals surface area contributed by atoms with Crippen LogP contribution in [-0.2, 0) is 0 Å². The molecule has 0 saturated heterocycles. The number of hydrogen-bond acceptors (Lipinski definition) is 2. The molecule has 0 amide bonds. The average Bonchev–Trinajstić information content (AvgIpc) is 1.98. The average molecular weight is 140 g/mol. The first-order valence-electron chi connectivity index (χ1n) is 3.52. The number of allylic oxidation sites excluding steroid dienone is 2. The topological polar surface area (TPSA) is 38.0 Å². The van der Waals surface area contributed by atoms with Crippen LogP contribution in [0, 0.1) is 0 Å². The Morgan fingerprint density at radius 2 is 2.20 bits per heavy atom. The fourth-order valence-electron chi connectivity index (χ4n) is 0.484. The Balaban J connectivity index is 3.44. The van der Waals surface area contributed by atoms with E-state index in [9.17, 15) is 0 Å². The lowest BCUT2D eigenvalue weighted by Crippen LogP contribution is -2.17. The Kier molecular flexibility index (Phi) is 6.13. The van der Waals surface area contributed by atoms with Crippen LogP contribution in [0.25, 0.3) is 0 Å². The lowest BCUT2D eigenvalue weighted by Gasteiger charge is -1.99. The van der Waals surface area contributed by atoms with Crippen molar-refractivity contribution >= 4 is 0 Å². The summed E-state index contributed by atoms with van der Waals surface area (Å²) in [4.78, 5) is 0. The predicted molar refractivity (Wildman–Crippen MR) is 45.9 cm³/mol. The summed E-state index contributed by atoms with van der Waals surface area (Å²) >= 11 is 0. The second kappa shape index (κ2) is 6.52. The van der Waals surface area contributed by atoms with Gasteiger partial charge in [0.05, 0.1) is 0 Å². The molecule has 0 rings (SSSR count). The van der Waals surface area contributed by atoms with Gasteiger partial charge in [0.1, 0.15) is 0 Å². The predicted octanol–water partition coefficient (Wildman–Crippen LogP) is 0.665. The van der Waals surface area contributed by atoms with Crippen molar-refractivity contribution < 1.29 is 0 Å². The van der Waals surface area contributed by atoms with Gasteiger partial charge in [-0.25, -0.2) is 0 Å². The molecule has 0 heterocycles. The summed E-state index contributed by atoms with van der Waals surface area (Å²) in [6.45, 7) is 2.70. The van der Waals surface area contributed by atoms with Gasteiger partial charge in [-0.3, -0.25) is 0 Å². The molecule has 0 aromatic heterocycles. The smallest absolute Gasteiger partial charge is 0.0221 e. The molecular weight excluding hydrogens is 124 g/mol. The van der Waals surface area contributed by atoms with Crippen LogP contribution >= 0.6 is 0 Å². The fourth-order valence-corrected chi connectivity index (χ4v) is 0.484. The van der Waals surface area contributed by atoms with E-state index in [4.69, 9.17) is 5.73 Å². The fraction of sp³-hybridized carbons (Fsp3) is 0.500. The van der Waals surface area contributed by atoms with Crippen LogP contribution in [0.1, 0.15) is 6.92 Å². The van der Waals surface area contributed by atoms with Crippen molar-refractivity contribution in [2.75, 3.05) is 13.6 Å². The second-order valence-electron chi connectivity index (χ2n) is 2.13. The first-order valence-corrected chi connectivity index (χ1v) is 3.52. The van der Waals surface area contributed by atoms with Crippen LogP contribution in [-0.4, -0.2) is 19.6 Å². The first kappa shape index (κ1) is 9.40. The number of hydrogen-bond donors (Lipinski definition) is 2. The van der Waals surface area contributed by atoms with Crippen molar-refractivity contribution in [3.63, 3.8) is 0 Å². The van der Waals surface area contributed by atoms with Crippen LogP contribution in [0.3, 0.4) is 0 Å². The maximum Gasteiger partial charge on any atom is 0.0221 e. The zero-order valence-corrected chi connectivity index (χ0v) is 6.67. The molecule has 58 valence electrons. The molecular formula is C8H16N2. The van der Waals surface area contributed by atoms with Crippen molar-refractivity contribution in [3.05, 3.63) is 24.3 Å². The van der Waals surface area contributed by atoms with Crippen LogP contribution in [0.15, 0.2) is 24.3 Å². The molecule has 10 heavy (non-hydrogen) atoms. The normalized spacial score (nSPS) is 15.1. The summed E-state index contributed by atoms with van der Waals surface area (Å²) in [5, 5.41) is 3.09. The summed E-state index contributed by atoms with van der Waals surface area (Å²) in [5.41, 5.74) is 5.24. The summed E-state index contributed by atoms with van der Waals surface area (Å²) in [6.07, 6.45) is 7.94. The highest BCUT2D eigenvalue weighted by atomic mass is 14.8. The molecule has 0 aromatic rings. The van der Waals surface area contributed by atoms with Gasteiger partial charge in [0.25, 0.3) is 0 Å². The summed E-state index contributed by atoms with van der Waals surface area (Å²) in [6, 6.07) is 0.433. The van der Waals surface area contributed by atoms with Crippen LogP contribution in [0.4, 0.5) is 0 Å². The Morgan fingerprint density at radius 1 is 1.50 bits per heavy atom. The number of nitrogens with two attached hydrogens (primary N) is 1. The minimum Gasteiger partial charge on any atom is -0.327 e. The molecule has 0 aliphatic rings. The lowest BCUT2D eigenvalue weighted by atomic mass is 10.3. The first-order chi connectivity index (χ1) is 4.81. The van der Waals surface area contributed by atoms with Gasteiger partial charge in [-0.15, -0.1) is 0 Å². The molecule has 0 radical (unpaired) electrons. The maximum absolute atomic E-state index is 5.24. The SMILES string of the molecule is CN[C@H](C)/C=C/C=C/CN. The summed E-state index contributed by atoms with van der Waals surface area (Å²) in [7, 11) is 1.93. The van der Waals surface area contributed by atoms with Crippen molar-refractivity contribution in [2.45, 2.75) is 13.0 Å². The highest BCUT2D eigenvalue weighted by Crippen LogP contribution is 1.83. The highest BCUT2D eigenvalue weighted by molar-refractivity contribution is 5.05. The second-order valence-corrected chi connectivity index (χ2v) is 2.13. The molecule has 2 heteroatoms. The molecule has 0 aliphatic heterocycles. The highest BCUT2D eigenvalue weighted by Gasteiger charge is 1.84. The third-order valence-corrected chi connectivity index (χ3v) is 1.24. The molecule has 2 nitrogen and oxygen atoms in total. The quantitative estimate of drug-likeness (QED) is 0.563. The molecule has 0 saturated carbocycles. The maximum atomic E-state index is 5.24. The van der Waals surface area contributed by atoms with Crippen molar-refractivity contribution in [1.29, 1.82) is 0 Å². The monoisotopic (exact) mass is 140 g/mol. The zero-order chi connectivity index (χ0) is 7.82. The number of rotatable bonds is 4. The van der Waals surface area contributed by atoms with E-state index in [0.717, 1.165) is 0 Å². The number of likely N-dealkylation sites (N-methyl/N-ethyl adjacent to an activating group) is 1. The largest absolute Gasteiger partial charge is 0.327 e. The van der Waals surface area contributed by atoms with Gasteiger partial charge in [-0.2, -0.15) is 0 Å². The van der Waals surface area contributed by atoms with E-state index in [1.807, 2.05) is 25.3 Å². The Bertz CT molecular complexity index is 116. The van der Waals surface area contributed by atoms with Gasteiger partial charge >= 0.3 is 0 Å². The van der Waals surface area contributed by atoms with Gasteiger partial charge in [-0.05, 0) is 14.0 Å². The minimum absolute atomic E-state index is 0.433. The van der Waals surface area contributed by atoms with E-state index < -0.39 is 0 Å². The van der Waals surface area contributed by atoms with Gasteiger partial charge in [0, 0.05) is 12.6 Å².